The lowest BCUT2D eigenvalue weighted by molar-refractivity contribution is -0.116. The van der Waals surface area contributed by atoms with Crippen LogP contribution in [0.2, 0.25) is 0 Å². The van der Waals surface area contributed by atoms with E-state index in [0.717, 1.165) is 5.56 Å². The standard InChI is InChI=1S/C21H20N4O5S2/c1-15-4-8-17(9-5-15)32(29,30)18-10-6-16(7-11-18)22-23-21(26)19-3-2-12-25-13-14-31(27,28)24-20(19)25/h2-12,22H,13-14H2,1H3,(H,23,26). The average Bonchev–Trinajstić information content (AvgIpc) is 2.77. The smallest absolute Gasteiger partial charge is 0.273 e. The quantitative estimate of drug-likeness (QED) is 0.636. The van der Waals surface area contributed by atoms with Gasteiger partial charge in [-0.15, -0.1) is 4.40 Å². The minimum atomic E-state index is -3.66. The van der Waals surface area contributed by atoms with Gasteiger partial charge in [0, 0.05) is 12.7 Å². The molecule has 2 aliphatic rings. The van der Waals surface area contributed by atoms with E-state index in [9.17, 15) is 21.6 Å². The van der Waals surface area contributed by atoms with Crippen molar-refractivity contribution in [1.29, 1.82) is 0 Å². The summed E-state index contributed by atoms with van der Waals surface area (Å²) in [5.74, 6) is -0.629. The van der Waals surface area contributed by atoms with Crippen molar-refractivity contribution in [3.63, 3.8) is 0 Å². The number of hydrogen-bond acceptors (Lipinski definition) is 7. The van der Waals surface area contributed by atoms with Gasteiger partial charge in [0.05, 0.1) is 26.8 Å². The molecule has 166 valence electrons. The molecule has 0 radical (unpaired) electrons. The molecule has 0 unspecified atom stereocenters. The van der Waals surface area contributed by atoms with Crippen molar-refractivity contribution in [2.45, 2.75) is 16.7 Å². The normalized spacial score (nSPS) is 17.1. The molecule has 2 heterocycles. The number of amides is 1. The third kappa shape index (κ3) is 4.43. The molecular formula is C21H20N4O5S2. The van der Waals surface area contributed by atoms with Gasteiger partial charge in [-0.05, 0) is 55.5 Å². The van der Waals surface area contributed by atoms with Crippen molar-refractivity contribution in [3.8, 4) is 0 Å². The first kappa shape index (κ1) is 21.8. The Morgan fingerprint density at radius 1 is 1.03 bits per heavy atom. The van der Waals surface area contributed by atoms with E-state index in [1.807, 2.05) is 6.92 Å². The summed E-state index contributed by atoms with van der Waals surface area (Å²) < 4.78 is 52.8. The SMILES string of the molecule is Cc1ccc(S(=O)(=O)c2ccc(NNC(=O)C3=CC=CN4CCS(=O)(=O)N=C34)cc2)cc1. The maximum absolute atomic E-state index is 12.7. The van der Waals surface area contributed by atoms with E-state index in [2.05, 4.69) is 15.2 Å². The van der Waals surface area contributed by atoms with Gasteiger partial charge in [0.15, 0.2) is 5.84 Å². The minimum Gasteiger partial charge on any atom is -0.331 e. The lowest BCUT2D eigenvalue weighted by Gasteiger charge is -2.28. The fraction of sp³-hybridized carbons (Fsp3) is 0.143. The van der Waals surface area contributed by atoms with Crippen LogP contribution in [0.15, 0.2) is 86.6 Å². The van der Waals surface area contributed by atoms with Crippen LogP contribution in [0.1, 0.15) is 5.56 Å². The molecule has 0 aromatic heterocycles. The molecule has 11 heteroatoms. The van der Waals surface area contributed by atoms with Crippen LogP contribution in [0.4, 0.5) is 5.69 Å². The average molecular weight is 473 g/mol. The summed E-state index contributed by atoms with van der Waals surface area (Å²) in [6.45, 7) is 2.09. The fourth-order valence-electron chi connectivity index (χ4n) is 3.16. The summed E-state index contributed by atoms with van der Waals surface area (Å²) in [4.78, 5) is 14.5. The van der Waals surface area contributed by atoms with Crippen molar-refractivity contribution in [2.75, 3.05) is 17.7 Å². The lowest BCUT2D eigenvalue weighted by atomic mass is 10.1. The predicted molar refractivity (Wildman–Crippen MR) is 120 cm³/mol. The van der Waals surface area contributed by atoms with Crippen LogP contribution in [-0.2, 0) is 24.7 Å². The highest BCUT2D eigenvalue weighted by Gasteiger charge is 2.30. The van der Waals surface area contributed by atoms with Gasteiger partial charge < -0.3 is 4.90 Å². The van der Waals surface area contributed by atoms with E-state index in [4.69, 9.17) is 0 Å². The summed E-state index contributed by atoms with van der Waals surface area (Å²) in [7, 11) is -7.27. The van der Waals surface area contributed by atoms with Gasteiger partial charge in [-0.25, -0.2) is 16.8 Å². The van der Waals surface area contributed by atoms with E-state index < -0.39 is 25.8 Å². The van der Waals surface area contributed by atoms with Crippen molar-refractivity contribution >= 4 is 37.3 Å². The van der Waals surface area contributed by atoms with Gasteiger partial charge in [-0.1, -0.05) is 17.7 Å². The molecule has 4 rings (SSSR count). The Hall–Kier alpha value is -3.44. The van der Waals surface area contributed by atoms with E-state index in [1.165, 1.54) is 30.3 Å². The number of fused-ring (bicyclic) bond motifs is 1. The van der Waals surface area contributed by atoms with Crippen molar-refractivity contribution in [3.05, 3.63) is 78.0 Å². The van der Waals surface area contributed by atoms with Crippen LogP contribution in [0.25, 0.3) is 0 Å². The number of amidine groups is 1. The second-order valence-corrected chi connectivity index (χ2v) is 10.9. The molecule has 1 amide bonds. The Kier molecular flexibility index (Phi) is 5.61. The van der Waals surface area contributed by atoms with Gasteiger partial charge in [0.2, 0.25) is 9.84 Å². The van der Waals surface area contributed by atoms with Crippen molar-refractivity contribution < 1.29 is 21.6 Å². The number of nitrogens with one attached hydrogen (secondary N) is 2. The molecule has 2 aromatic rings. The third-order valence-corrected chi connectivity index (χ3v) is 7.85. The third-order valence-electron chi connectivity index (χ3n) is 4.92. The molecule has 9 nitrogen and oxygen atoms in total. The molecule has 2 aliphatic heterocycles. The molecular weight excluding hydrogens is 452 g/mol. The predicted octanol–water partition coefficient (Wildman–Crippen LogP) is 1.77. The Morgan fingerprint density at radius 2 is 1.66 bits per heavy atom. The number of sulfonamides is 1. The molecule has 0 spiro atoms. The number of nitrogens with zero attached hydrogens (tertiary/aromatic N) is 2. The molecule has 0 saturated heterocycles. The molecule has 0 bridgehead atoms. The van der Waals surface area contributed by atoms with Crippen LogP contribution in [-0.4, -0.2) is 45.8 Å². The second kappa shape index (κ2) is 8.24. The number of aryl methyl sites for hydroxylation is 1. The zero-order valence-electron chi connectivity index (χ0n) is 17.0. The van der Waals surface area contributed by atoms with Crippen LogP contribution in [0, 0.1) is 6.92 Å². The van der Waals surface area contributed by atoms with Crippen LogP contribution < -0.4 is 10.9 Å². The van der Waals surface area contributed by atoms with Crippen LogP contribution >= 0.6 is 0 Å². The molecule has 0 atom stereocenters. The zero-order valence-corrected chi connectivity index (χ0v) is 18.7. The second-order valence-electron chi connectivity index (χ2n) is 7.24. The van der Waals surface area contributed by atoms with Crippen LogP contribution in [0.5, 0.6) is 0 Å². The van der Waals surface area contributed by atoms with Gasteiger partial charge >= 0.3 is 0 Å². The minimum absolute atomic E-state index is 0.0672. The van der Waals surface area contributed by atoms with Crippen molar-refractivity contribution in [1.82, 2.24) is 10.3 Å². The van der Waals surface area contributed by atoms with E-state index in [-0.39, 0.29) is 33.5 Å². The molecule has 0 aliphatic carbocycles. The largest absolute Gasteiger partial charge is 0.331 e. The molecule has 0 fully saturated rings. The number of allylic oxidation sites excluding steroid dienone is 2. The highest BCUT2D eigenvalue weighted by molar-refractivity contribution is 7.91. The Bertz CT molecular complexity index is 1360. The molecule has 2 aromatic carbocycles. The number of sulfone groups is 1. The number of benzene rings is 2. The van der Waals surface area contributed by atoms with Gasteiger partial charge in [0.1, 0.15) is 0 Å². The first-order chi connectivity index (χ1) is 15.2. The van der Waals surface area contributed by atoms with E-state index in [1.54, 1.807) is 41.4 Å². The summed E-state index contributed by atoms with van der Waals surface area (Å²) >= 11 is 0. The Labute approximate surface area is 186 Å². The Morgan fingerprint density at radius 3 is 2.31 bits per heavy atom. The maximum atomic E-state index is 12.7. The van der Waals surface area contributed by atoms with Crippen molar-refractivity contribution in [2.24, 2.45) is 4.40 Å². The number of carbonyl (C=O) groups is 1. The number of hydrogen-bond donors (Lipinski definition) is 2. The number of carbonyl (C=O) groups excluding carboxylic acids is 1. The fourth-order valence-corrected chi connectivity index (χ4v) is 5.41. The van der Waals surface area contributed by atoms with Gasteiger partial charge in [-0.3, -0.25) is 15.6 Å². The van der Waals surface area contributed by atoms with Crippen LogP contribution in [0.3, 0.4) is 0 Å². The molecule has 2 N–H and O–H groups in total. The number of hydrazine groups is 1. The number of rotatable bonds is 5. The highest BCUT2D eigenvalue weighted by Crippen LogP contribution is 2.23. The monoisotopic (exact) mass is 472 g/mol. The lowest BCUT2D eigenvalue weighted by Crippen LogP contribution is -2.43. The Balaban J connectivity index is 1.46. The summed E-state index contributed by atoms with van der Waals surface area (Å²) in [5, 5.41) is 0. The first-order valence-corrected chi connectivity index (χ1v) is 12.7. The summed E-state index contributed by atoms with van der Waals surface area (Å²) in [6.07, 6.45) is 4.77. The first-order valence-electron chi connectivity index (χ1n) is 9.62. The van der Waals surface area contributed by atoms with Gasteiger partial charge in [0.25, 0.3) is 15.9 Å². The summed E-state index contributed by atoms with van der Waals surface area (Å²) in [5.41, 5.74) is 6.69. The maximum Gasteiger partial charge on any atom is 0.273 e. The van der Waals surface area contributed by atoms with Gasteiger partial charge in [-0.2, -0.15) is 0 Å². The molecule has 0 saturated carbocycles. The number of anilines is 1. The highest BCUT2D eigenvalue weighted by atomic mass is 32.2. The zero-order chi connectivity index (χ0) is 22.9. The van der Waals surface area contributed by atoms with E-state index in [0.29, 0.717) is 5.69 Å². The topological polar surface area (TPSA) is 125 Å². The van der Waals surface area contributed by atoms with E-state index >= 15 is 0 Å². The molecule has 32 heavy (non-hydrogen) atoms. The summed E-state index contributed by atoms with van der Waals surface area (Å²) in [6, 6.07) is 12.5.